The average molecular weight is 283 g/mol. The molecule has 1 heterocycles. The highest BCUT2D eigenvalue weighted by Crippen LogP contribution is 2.36. The number of hydrogen-bond donors (Lipinski definition) is 1. The van der Waals surface area contributed by atoms with E-state index in [0.717, 1.165) is 6.07 Å². The van der Waals surface area contributed by atoms with Crippen LogP contribution < -0.4 is 0 Å². The molecule has 1 aromatic rings. The van der Waals surface area contributed by atoms with E-state index in [1.54, 1.807) is 0 Å². The third-order valence-corrected chi connectivity index (χ3v) is 7.53. The number of halogens is 1. The van der Waals surface area contributed by atoms with E-state index in [9.17, 15) is 21.9 Å². The number of rotatable bonds is 1. The maximum atomic E-state index is 11.8. The molecule has 1 aliphatic rings. The molecule has 2 rings (SSSR count). The fourth-order valence-corrected chi connectivity index (χ4v) is 6.09. The van der Waals surface area contributed by atoms with Crippen LogP contribution in [-0.2, 0) is 25.3 Å². The van der Waals surface area contributed by atoms with Crippen LogP contribution in [0.4, 0.5) is 0 Å². The van der Waals surface area contributed by atoms with Crippen LogP contribution in [-0.4, -0.2) is 26.5 Å². The molecule has 0 aromatic heterocycles. The zero-order chi connectivity index (χ0) is 12.1. The van der Waals surface area contributed by atoms with Crippen LogP contribution in [0.5, 0.6) is 5.75 Å². The van der Waals surface area contributed by atoms with Crippen molar-refractivity contribution in [2.24, 2.45) is 0 Å². The van der Waals surface area contributed by atoms with Crippen molar-refractivity contribution in [2.45, 2.75) is 15.9 Å². The van der Waals surface area contributed by atoms with Crippen molar-refractivity contribution in [1.82, 2.24) is 0 Å². The van der Waals surface area contributed by atoms with E-state index >= 15 is 0 Å². The SMILES string of the molecule is O=S(=O)(Cl)C1Cc2ccc(O)cc2S1(=O)=O. The number of benzene rings is 1. The number of phenols is 1. The molecule has 1 unspecified atom stereocenters. The van der Waals surface area contributed by atoms with Gasteiger partial charge in [-0.2, -0.15) is 0 Å². The largest absolute Gasteiger partial charge is 0.508 e. The molecule has 0 saturated carbocycles. The van der Waals surface area contributed by atoms with Crippen molar-refractivity contribution in [3.63, 3.8) is 0 Å². The van der Waals surface area contributed by atoms with E-state index in [0.29, 0.717) is 5.56 Å². The molecule has 0 bridgehead atoms. The zero-order valence-electron chi connectivity index (χ0n) is 7.79. The number of sulfone groups is 1. The number of aromatic hydroxyl groups is 1. The quantitative estimate of drug-likeness (QED) is 0.763. The smallest absolute Gasteiger partial charge is 0.250 e. The van der Waals surface area contributed by atoms with Crippen LogP contribution >= 0.6 is 10.7 Å². The Kier molecular flexibility index (Phi) is 2.45. The van der Waals surface area contributed by atoms with Gasteiger partial charge in [-0.1, -0.05) is 6.07 Å². The van der Waals surface area contributed by atoms with Crippen molar-refractivity contribution in [3.05, 3.63) is 23.8 Å². The zero-order valence-corrected chi connectivity index (χ0v) is 10.2. The summed E-state index contributed by atoms with van der Waals surface area (Å²) in [6, 6.07) is 3.72. The van der Waals surface area contributed by atoms with Gasteiger partial charge in [0.05, 0.1) is 4.90 Å². The van der Waals surface area contributed by atoms with Crippen LogP contribution in [0.1, 0.15) is 5.56 Å². The second kappa shape index (κ2) is 3.35. The molecule has 0 fully saturated rings. The van der Waals surface area contributed by atoms with Gasteiger partial charge in [0.1, 0.15) is 5.75 Å². The van der Waals surface area contributed by atoms with Gasteiger partial charge in [-0.3, -0.25) is 0 Å². The second-order valence-electron chi connectivity index (χ2n) is 3.45. The molecule has 0 radical (unpaired) electrons. The van der Waals surface area contributed by atoms with Gasteiger partial charge in [-0.25, -0.2) is 16.8 Å². The van der Waals surface area contributed by atoms with Crippen LogP contribution in [0.25, 0.3) is 0 Å². The van der Waals surface area contributed by atoms with E-state index < -0.39 is 23.5 Å². The molecule has 1 aliphatic heterocycles. The maximum Gasteiger partial charge on any atom is 0.250 e. The topological polar surface area (TPSA) is 88.5 Å². The Hall–Kier alpha value is -0.790. The second-order valence-corrected chi connectivity index (χ2v) is 8.65. The molecule has 1 aromatic carbocycles. The van der Waals surface area contributed by atoms with Gasteiger partial charge in [0.2, 0.25) is 0 Å². The van der Waals surface area contributed by atoms with Crippen LogP contribution in [0, 0.1) is 0 Å². The molecule has 16 heavy (non-hydrogen) atoms. The Morgan fingerprint density at radius 3 is 2.56 bits per heavy atom. The van der Waals surface area contributed by atoms with Gasteiger partial charge in [-0.15, -0.1) is 0 Å². The molecular formula is C8H7ClO5S2. The first-order chi connectivity index (χ1) is 7.23. The van der Waals surface area contributed by atoms with Crippen LogP contribution in [0.2, 0.25) is 0 Å². The van der Waals surface area contributed by atoms with Gasteiger partial charge >= 0.3 is 0 Å². The van der Waals surface area contributed by atoms with Crippen molar-refractivity contribution >= 4 is 29.6 Å². The first kappa shape index (κ1) is 11.7. The molecular weight excluding hydrogens is 276 g/mol. The average Bonchev–Trinajstić information content (AvgIpc) is 2.38. The van der Waals surface area contributed by atoms with Gasteiger partial charge in [-0.05, 0) is 17.7 Å². The first-order valence-corrected chi connectivity index (χ1v) is 8.14. The monoisotopic (exact) mass is 282 g/mol. The van der Waals surface area contributed by atoms with Crippen molar-refractivity contribution in [1.29, 1.82) is 0 Å². The van der Waals surface area contributed by atoms with Crippen molar-refractivity contribution < 1.29 is 21.9 Å². The summed E-state index contributed by atoms with van der Waals surface area (Å²) in [6.07, 6.45) is -0.177. The van der Waals surface area contributed by atoms with Crippen LogP contribution in [0.15, 0.2) is 23.1 Å². The predicted octanol–water partition coefficient (Wildman–Crippen LogP) is 0.617. The lowest BCUT2D eigenvalue weighted by Crippen LogP contribution is -2.23. The van der Waals surface area contributed by atoms with Crippen LogP contribution in [0.3, 0.4) is 0 Å². The molecule has 1 atom stereocenters. The minimum absolute atomic E-state index is 0.165. The van der Waals surface area contributed by atoms with Gasteiger partial charge < -0.3 is 5.11 Å². The van der Waals surface area contributed by atoms with E-state index in [-0.39, 0.29) is 17.1 Å². The Balaban J connectivity index is 2.69. The molecule has 0 aliphatic carbocycles. The highest BCUT2D eigenvalue weighted by atomic mass is 35.7. The number of phenolic OH excluding ortho intramolecular Hbond substituents is 1. The molecule has 1 N–H and O–H groups in total. The summed E-state index contributed by atoms with van der Waals surface area (Å²) in [7, 11) is -3.11. The van der Waals surface area contributed by atoms with E-state index in [2.05, 4.69) is 0 Å². The van der Waals surface area contributed by atoms with Gasteiger partial charge in [0.25, 0.3) is 9.05 Å². The van der Waals surface area contributed by atoms with E-state index in [1.807, 2.05) is 0 Å². The van der Waals surface area contributed by atoms with Crippen molar-refractivity contribution in [2.75, 3.05) is 0 Å². The highest BCUT2D eigenvalue weighted by Gasteiger charge is 2.44. The van der Waals surface area contributed by atoms with Gasteiger partial charge in [0.15, 0.2) is 14.4 Å². The summed E-state index contributed by atoms with van der Waals surface area (Å²) in [4.78, 5) is -0.165. The summed E-state index contributed by atoms with van der Waals surface area (Å²) in [5.41, 5.74) is 0.354. The molecule has 0 saturated heterocycles. The lowest BCUT2D eigenvalue weighted by Gasteiger charge is -2.03. The summed E-state index contributed by atoms with van der Waals surface area (Å²) in [5.74, 6) is -0.227. The predicted molar refractivity (Wildman–Crippen MR) is 57.6 cm³/mol. The summed E-state index contributed by atoms with van der Waals surface area (Å²) in [5, 5.41) is 9.17. The lowest BCUT2D eigenvalue weighted by atomic mass is 10.2. The van der Waals surface area contributed by atoms with Crippen molar-refractivity contribution in [3.8, 4) is 5.75 Å². The molecule has 8 heteroatoms. The Morgan fingerprint density at radius 1 is 1.38 bits per heavy atom. The standard InChI is InChI=1S/C8H7ClO5S2/c9-16(13,14)8-3-5-1-2-6(10)4-7(5)15(8,11)12/h1-2,4,8,10H,3H2. The lowest BCUT2D eigenvalue weighted by molar-refractivity contribution is 0.473. The summed E-state index contributed by atoms with van der Waals surface area (Å²) < 4.78 is 44.2. The first-order valence-electron chi connectivity index (χ1n) is 4.22. The maximum absolute atomic E-state index is 11.8. The minimum Gasteiger partial charge on any atom is -0.508 e. The van der Waals surface area contributed by atoms with E-state index in [1.165, 1.54) is 12.1 Å². The molecule has 0 amide bonds. The van der Waals surface area contributed by atoms with E-state index in [4.69, 9.17) is 10.7 Å². The third-order valence-electron chi connectivity index (χ3n) is 2.40. The molecule has 88 valence electrons. The fourth-order valence-electron chi connectivity index (χ4n) is 1.66. The molecule has 5 nitrogen and oxygen atoms in total. The fraction of sp³-hybridized carbons (Fsp3) is 0.250. The number of hydrogen-bond acceptors (Lipinski definition) is 5. The third kappa shape index (κ3) is 1.68. The summed E-state index contributed by atoms with van der Waals surface area (Å²) >= 11 is 0. The summed E-state index contributed by atoms with van der Waals surface area (Å²) in [6.45, 7) is 0. The Morgan fingerprint density at radius 2 is 2.00 bits per heavy atom. The minimum atomic E-state index is -4.19. The normalized spacial score (nSPS) is 22.9. The Bertz CT molecular complexity index is 647. The van der Waals surface area contributed by atoms with Gasteiger partial charge in [0, 0.05) is 17.1 Å². The number of fused-ring (bicyclic) bond motifs is 1. The molecule has 0 spiro atoms. The highest BCUT2D eigenvalue weighted by molar-refractivity contribution is 8.22. The Labute approximate surface area is 97.0 Å².